The molecule has 0 bridgehead atoms. The first-order chi connectivity index (χ1) is 8.77. The molecule has 1 saturated heterocycles. The van der Waals surface area contributed by atoms with E-state index >= 15 is 0 Å². The van der Waals surface area contributed by atoms with Crippen LogP contribution in [0, 0.1) is 0 Å². The van der Waals surface area contributed by atoms with Crippen molar-refractivity contribution in [1.29, 1.82) is 0 Å². The standard InChI is InChI=1S/C12H23N5S/c1-11(2)17-12(14-10-15-17)9-13-3-4-16-5-7-18-8-6-16/h10-11,13H,3-9H2,1-2H3. The molecule has 1 aliphatic heterocycles. The van der Waals surface area contributed by atoms with Gasteiger partial charge in [0.05, 0.1) is 6.54 Å². The van der Waals surface area contributed by atoms with E-state index in [0.717, 1.165) is 25.5 Å². The van der Waals surface area contributed by atoms with Crippen molar-refractivity contribution >= 4 is 11.8 Å². The van der Waals surface area contributed by atoms with Crippen LogP contribution in [0.4, 0.5) is 0 Å². The Labute approximate surface area is 113 Å². The second-order valence-corrected chi connectivity index (χ2v) is 6.07. The highest BCUT2D eigenvalue weighted by molar-refractivity contribution is 7.99. The van der Waals surface area contributed by atoms with E-state index in [2.05, 4.69) is 45.9 Å². The van der Waals surface area contributed by atoms with E-state index in [1.165, 1.54) is 24.6 Å². The SMILES string of the molecule is CC(C)n1ncnc1CNCCN1CCSCC1. The molecule has 0 aliphatic carbocycles. The molecule has 0 aromatic carbocycles. The van der Waals surface area contributed by atoms with Gasteiger partial charge in [-0.15, -0.1) is 0 Å². The van der Waals surface area contributed by atoms with E-state index in [1.807, 2.05) is 4.68 Å². The lowest BCUT2D eigenvalue weighted by molar-refractivity contribution is 0.300. The molecular formula is C12H23N5S. The molecule has 0 unspecified atom stereocenters. The Morgan fingerprint density at radius 3 is 2.89 bits per heavy atom. The number of rotatable bonds is 6. The molecular weight excluding hydrogens is 246 g/mol. The van der Waals surface area contributed by atoms with Crippen LogP contribution in [0.2, 0.25) is 0 Å². The second kappa shape index (κ2) is 7.11. The van der Waals surface area contributed by atoms with E-state index in [1.54, 1.807) is 6.33 Å². The maximum absolute atomic E-state index is 4.29. The lowest BCUT2D eigenvalue weighted by Gasteiger charge is -2.26. The van der Waals surface area contributed by atoms with Gasteiger partial charge in [-0.3, -0.25) is 0 Å². The van der Waals surface area contributed by atoms with Crippen molar-refractivity contribution < 1.29 is 0 Å². The minimum absolute atomic E-state index is 0.378. The van der Waals surface area contributed by atoms with E-state index in [-0.39, 0.29) is 0 Å². The third-order valence-electron chi connectivity index (χ3n) is 3.13. The van der Waals surface area contributed by atoms with Crippen molar-refractivity contribution in [2.45, 2.75) is 26.4 Å². The monoisotopic (exact) mass is 269 g/mol. The topological polar surface area (TPSA) is 46.0 Å². The highest BCUT2D eigenvalue weighted by Crippen LogP contribution is 2.08. The molecule has 6 heteroatoms. The van der Waals surface area contributed by atoms with Crippen LogP contribution in [-0.4, -0.2) is 57.3 Å². The van der Waals surface area contributed by atoms with Gasteiger partial charge < -0.3 is 10.2 Å². The summed E-state index contributed by atoms with van der Waals surface area (Å²) in [6, 6.07) is 0.378. The van der Waals surface area contributed by atoms with Crippen molar-refractivity contribution in [3.05, 3.63) is 12.2 Å². The van der Waals surface area contributed by atoms with Crippen molar-refractivity contribution in [2.24, 2.45) is 0 Å². The largest absolute Gasteiger partial charge is 0.309 e. The van der Waals surface area contributed by atoms with Crippen molar-refractivity contribution in [2.75, 3.05) is 37.7 Å². The molecule has 0 spiro atoms. The van der Waals surface area contributed by atoms with Crippen LogP contribution in [-0.2, 0) is 6.54 Å². The zero-order valence-corrected chi connectivity index (χ0v) is 12.1. The highest BCUT2D eigenvalue weighted by Gasteiger charge is 2.10. The normalized spacial score (nSPS) is 17.5. The van der Waals surface area contributed by atoms with Crippen LogP contribution in [0.3, 0.4) is 0 Å². The smallest absolute Gasteiger partial charge is 0.141 e. The molecule has 1 aromatic rings. The Balaban J connectivity index is 1.66. The van der Waals surface area contributed by atoms with Gasteiger partial charge in [-0.1, -0.05) is 0 Å². The fourth-order valence-electron chi connectivity index (χ4n) is 2.09. The summed E-state index contributed by atoms with van der Waals surface area (Å²) in [7, 11) is 0. The average molecular weight is 269 g/mol. The van der Waals surface area contributed by atoms with Gasteiger partial charge in [0, 0.05) is 43.7 Å². The molecule has 102 valence electrons. The van der Waals surface area contributed by atoms with Gasteiger partial charge in [-0.05, 0) is 13.8 Å². The fraction of sp³-hybridized carbons (Fsp3) is 0.833. The second-order valence-electron chi connectivity index (χ2n) is 4.85. The minimum atomic E-state index is 0.378. The van der Waals surface area contributed by atoms with Crippen molar-refractivity contribution in [3.8, 4) is 0 Å². The van der Waals surface area contributed by atoms with E-state index in [9.17, 15) is 0 Å². The molecule has 2 rings (SSSR count). The van der Waals surface area contributed by atoms with Crippen LogP contribution in [0.1, 0.15) is 25.7 Å². The molecule has 1 aromatic heterocycles. The number of hydrogen-bond acceptors (Lipinski definition) is 5. The van der Waals surface area contributed by atoms with Gasteiger partial charge in [-0.2, -0.15) is 16.9 Å². The summed E-state index contributed by atoms with van der Waals surface area (Å²) in [5.74, 6) is 3.59. The highest BCUT2D eigenvalue weighted by atomic mass is 32.2. The van der Waals surface area contributed by atoms with Crippen LogP contribution in [0.5, 0.6) is 0 Å². The van der Waals surface area contributed by atoms with Gasteiger partial charge in [0.2, 0.25) is 0 Å². The maximum Gasteiger partial charge on any atom is 0.141 e. The molecule has 1 fully saturated rings. The maximum atomic E-state index is 4.29. The number of nitrogens with zero attached hydrogens (tertiary/aromatic N) is 4. The summed E-state index contributed by atoms with van der Waals surface area (Å²) in [5.41, 5.74) is 0. The Morgan fingerprint density at radius 1 is 1.39 bits per heavy atom. The Bertz CT molecular complexity index is 346. The molecule has 0 saturated carbocycles. The molecule has 1 N–H and O–H groups in total. The first kappa shape index (κ1) is 13.8. The van der Waals surface area contributed by atoms with Gasteiger partial charge in [-0.25, -0.2) is 9.67 Å². The lowest BCUT2D eigenvalue weighted by atomic mass is 10.4. The van der Waals surface area contributed by atoms with Crippen LogP contribution >= 0.6 is 11.8 Å². The molecule has 2 heterocycles. The Hall–Kier alpha value is -0.590. The first-order valence-corrected chi connectivity index (χ1v) is 7.82. The zero-order chi connectivity index (χ0) is 12.8. The summed E-state index contributed by atoms with van der Waals surface area (Å²) >= 11 is 2.06. The third kappa shape index (κ3) is 3.96. The van der Waals surface area contributed by atoms with Gasteiger partial charge >= 0.3 is 0 Å². The number of aromatic nitrogens is 3. The summed E-state index contributed by atoms with van der Waals surface area (Å²) < 4.78 is 1.98. The van der Waals surface area contributed by atoms with E-state index in [4.69, 9.17) is 0 Å². The summed E-state index contributed by atoms with van der Waals surface area (Å²) in [6.07, 6.45) is 1.64. The van der Waals surface area contributed by atoms with E-state index < -0.39 is 0 Å². The number of nitrogens with one attached hydrogen (secondary N) is 1. The van der Waals surface area contributed by atoms with Crippen molar-refractivity contribution in [3.63, 3.8) is 0 Å². The Kier molecular flexibility index (Phi) is 5.46. The summed E-state index contributed by atoms with van der Waals surface area (Å²) in [6.45, 7) is 9.68. The predicted molar refractivity (Wildman–Crippen MR) is 75.9 cm³/mol. The molecule has 18 heavy (non-hydrogen) atoms. The Morgan fingerprint density at radius 2 is 2.17 bits per heavy atom. The van der Waals surface area contributed by atoms with Crippen LogP contribution in [0.25, 0.3) is 0 Å². The predicted octanol–water partition coefficient (Wildman–Crippen LogP) is 0.997. The first-order valence-electron chi connectivity index (χ1n) is 6.66. The third-order valence-corrected chi connectivity index (χ3v) is 4.07. The lowest BCUT2D eigenvalue weighted by Crippen LogP contribution is -2.37. The number of thioether (sulfide) groups is 1. The number of hydrogen-bond donors (Lipinski definition) is 1. The molecule has 0 atom stereocenters. The van der Waals surface area contributed by atoms with Crippen molar-refractivity contribution in [1.82, 2.24) is 25.0 Å². The summed E-state index contributed by atoms with van der Waals surface area (Å²) in [4.78, 5) is 6.82. The van der Waals surface area contributed by atoms with Gasteiger partial charge in [0.25, 0.3) is 0 Å². The molecule has 0 amide bonds. The fourth-order valence-corrected chi connectivity index (χ4v) is 3.07. The molecule has 0 radical (unpaired) electrons. The van der Waals surface area contributed by atoms with E-state index in [0.29, 0.717) is 6.04 Å². The van der Waals surface area contributed by atoms with Crippen LogP contribution in [0.15, 0.2) is 6.33 Å². The molecule has 1 aliphatic rings. The van der Waals surface area contributed by atoms with Crippen LogP contribution < -0.4 is 5.32 Å². The zero-order valence-electron chi connectivity index (χ0n) is 11.3. The van der Waals surface area contributed by atoms with Gasteiger partial charge in [0.1, 0.15) is 12.2 Å². The average Bonchev–Trinajstić information content (AvgIpc) is 2.84. The summed E-state index contributed by atoms with van der Waals surface area (Å²) in [5, 5.41) is 7.70. The quantitative estimate of drug-likeness (QED) is 0.781. The molecule has 5 nitrogen and oxygen atoms in total. The van der Waals surface area contributed by atoms with Gasteiger partial charge in [0.15, 0.2) is 0 Å². The minimum Gasteiger partial charge on any atom is -0.309 e.